The number of ether oxygens (including phenoxy) is 1. The van der Waals surface area contributed by atoms with Crippen LogP contribution in [-0.4, -0.2) is 36.5 Å². The number of hydrogen-bond donors (Lipinski definition) is 1. The molecule has 0 unspecified atom stereocenters. The minimum Gasteiger partial charge on any atom is -0.394 e. The van der Waals surface area contributed by atoms with Gasteiger partial charge in [0.05, 0.1) is 41.5 Å². The Morgan fingerprint density at radius 2 is 2.09 bits per heavy atom. The monoisotopic (exact) mass is 476 g/mol. The smallest absolute Gasteiger partial charge is 0.331 e. The Kier molecular flexibility index (Phi) is 5.05. The highest BCUT2D eigenvalue weighted by Gasteiger charge is 2.37. The fourth-order valence-electron chi connectivity index (χ4n) is 4.30. The largest absolute Gasteiger partial charge is 0.394 e. The van der Waals surface area contributed by atoms with E-state index in [0.717, 1.165) is 4.57 Å². The molecule has 1 aliphatic rings. The molecule has 0 amide bonds. The first-order chi connectivity index (χ1) is 15.3. The maximum absolute atomic E-state index is 14.2. The molecular formula is C21H18ClFN4O4S. The van der Waals surface area contributed by atoms with Gasteiger partial charge >= 0.3 is 5.69 Å². The van der Waals surface area contributed by atoms with Crippen molar-refractivity contribution >= 4 is 33.8 Å². The van der Waals surface area contributed by atoms with Crippen LogP contribution in [0.1, 0.15) is 16.8 Å². The van der Waals surface area contributed by atoms with E-state index in [1.54, 1.807) is 24.6 Å². The normalized spacial score (nSPS) is 18.3. The molecule has 5 rings (SSSR count). The Morgan fingerprint density at radius 1 is 1.31 bits per heavy atom. The van der Waals surface area contributed by atoms with Crippen LogP contribution in [0, 0.1) is 5.82 Å². The molecule has 3 aromatic heterocycles. The maximum atomic E-state index is 14.2. The Labute approximate surface area is 189 Å². The third kappa shape index (κ3) is 3.06. The van der Waals surface area contributed by atoms with Gasteiger partial charge in [0.2, 0.25) is 0 Å². The third-order valence-corrected chi connectivity index (χ3v) is 6.90. The van der Waals surface area contributed by atoms with Gasteiger partial charge in [0, 0.05) is 25.0 Å². The van der Waals surface area contributed by atoms with Crippen molar-refractivity contribution in [1.29, 1.82) is 0 Å². The van der Waals surface area contributed by atoms with Crippen LogP contribution < -0.4 is 11.2 Å². The van der Waals surface area contributed by atoms with Crippen molar-refractivity contribution in [3.8, 4) is 11.3 Å². The first kappa shape index (κ1) is 21.1. The molecule has 0 fully saturated rings. The predicted molar refractivity (Wildman–Crippen MR) is 119 cm³/mol. The molecule has 32 heavy (non-hydrogen) atoms. The molecule has 1 N–H and O–H groups in total. The Balaban J connectivity index is 1.97. The molecule has 0 bridgehead atoms. The highest BCUT2D eigenvalue weighted by atomic mass is 35.5. The number of aromatic nitrogens is 4. The summed E-state index contributed by atoms with van der Waals surface area (Å²) in [7, 11) is 2.98. The van der Waals surface area contributed by atoms with Crippen LogP contribution in [0.5, 0.6) is 0 Å². The highest BCUT2D eigenvalue weighted by Crippen LogP contribution is 2.42. The molecule has 1 aromatic carbocycles. The minimum atomic E-state index is -0.777. The quantitative estimate of drug-likeness (QED) is 0.490. The Bertz CT molecular complexity index is 1490. The van der Waals surface area contributed by atoms with Crippen molar-refractivity contribution in [2.24, 2.45) is 14.1 Å². The number of aryl methyl sites for hydroxylation is 1. The molecule has 0 saturated carbocycles. The van der Waals surface area contributed by atoms with Crippen LogP contribution in [0.4, 0.5) is 4.39 Å². The van der Waals surface area contributed by atoms with Gasteiger partial charge < -0.3 is 14.4 Å². The lowest BCUT2D eigenvalue weighted by molar-refractivity contribution is -0.0517. The number of hydrogen-bond acceptors (Lipinski definition) is 6. The number of fused-ring (bicyclic) bond motifs is 3. The molecule has 0 saturated heterocycles. The number of benzene rings is 1. The molecule has 4 heterocycles. The number of aliphatic hydroxyl groups excluding tert-OH is 1. The minimum absolute atomic E-state index is 0.208. The second-order valence-electron chi connectivity index (χ2n) is 7.61. The average Bonchev–Trinajstić information content (AvgIpc) is 3.37. The lowest BCUT2D eigenvalue weighted by atomic mass is 10.1. The topological polar surface area (TPSA) is 91.3 Å². The van der Waals surface area contributed by atoms with Gasteiger partial charge in [-0.05, 0) is 12.1 Å². The van der Waals surface area contributed by atoms with Crippen molar-refractivity contribution < 1.29 is 14.2 Å². The summed E-state index contributed by atoms with van der Waals surface area (Å²) in [6, 6.07) is 5.92. The summed E-state index contributed by atoms with van der Waals surface area (Å²) in [5, 5.41) is 12.6. The van der Waals surface area contributed by atoms with E-state index in [9.17, 15) is 19.1 Å². The molecule has 1 aliphatic heterocycles. The van der Waals surface area contributed by atoms with Gasteiger partial charge in [-0.1, -0.05) is 23.7 Å². The summed E-state index contributed by atoms with van der Waals surface area (Å²) < 4.78 is 24.5. The molecule has 2 atom stereocenters. The molecule has 8 nitrogen and oxygen atoms in total. The third-order valence-electron chi connectivity index (χ3n) is 5.69. The number of aliphatic hydroxyl groups is 1. The summed E-state index contributed by atoms with van der Waals surface area (Å²) in [6.07, 6.45) is -1.38. The number of rotatable bonds is 3. The molecule has 11 heteroatoms. The second-order valence-corrected chi connectivity index (χ2v) is 8.89. The van der Waals surface area contributed by atoms with Gasteiger partial charge in [-0.3, -0.25) is 13.9 Å². The molecular weight excluding hydrogens is 459 g/mol. The van der Waals surface area contributed by atoms with Gasteiger partial charge in [-0.25, -0.2) is 14.2 Å². The van der Waals surface area contributed by atoms with Gasteiger partial charge in [-0.15, -0.1) is 11.3 Å². The van der Waals surface area contributed by atoms with Crippen molar-refractivity contribution in [3.05, 3.63) is 72.2 Å². The lowest BCUT2D eigenvalue weighted by Gasteiger charge is -2.31. The zero-order chi connectivity index (χ0) is 22.7. The average molecular weight is 477 g/mol. The van der Waals surface area contributed by atoms with Crippen LogP contribution in [0.2, 0.25) is 5.15 Å². The predicted octanol–water partition coefficient (Wildman–Crippen LogP) is 2.44. The zero-order valence-electron chi connectivity index (χ0n) is 17.1. The zero-order valence-corrected chi connectivity index (χ0v) is 18.7. The summed E-state index contributed by atoms with van der Waals surface area (Å²) in [5.41, 5.74) is 0.853. The van der Waals surface area contributed by atoms with Gasteiger partial charge in [0.1, 0.15) is 16.0 Å². The fourth-order valence-corrected chi connectivity index (χ4v) is 5.29. The van der Waals surface area contributed by atoms with Crippen LogP contribution in [0.15, 0.2) is 39.2 Å². The number of nitrogens with zero attached hydrogens (tertiary/aromatic N) is 4. The van der Waals surface area contributed by atoms with E-state index in [1.807, 2.05) is 4.57 Å². The van der Waals surface area contributed by atoms with Crippen LogP contribution >= 0.6 is 22.9 Å². The van der Waals surface area contributed by atoms with E-state index < -0.39 is 29.3 Å². The summed E-state index contributed by atoms with van der Waals surface area (Å²) in [5.74, 6) is -0.457. The first-order valence-electron chi connectivity index (χ1n) is 9.77. The fraction of sp³-hybridized carbons (Fsp3) is 0.286. The number of thiazole rings is 1. The molecule has 166 valence electrons. The lowest BCUT2D eigenvalue weighted by Crippen LogP contribution is -2.37. The highest BCUT2D eigenvalue weighted by molar-refractivity contribution is 7.10. The van der Waals surface area contributed by atoms with Crippen LogP contribution in [0.25, 0.3) is 22.2 Å². The van der Waals surface area contributed by atoms with E-state index in [1.165, 1.54) is 35.1 Å². The summed E-state index contributed by atoms with van der Waals surface area (Å²) in [6.45, 7) is -0.0670. The number of halogens is 2. The first-order valence-corrected chi connectivity index (χ1v) is 11.0. The van der Waals surface area contributed by atoms with E-state index in [0.29, 0.717) is 27.5 Å². The van der Waals surface area contributed by atoms with Crippen molar-refractivity contribution in [1.82, 2.24) is 18.7 Å². The van der Waals surface area contributed by atoms with E-state index in [4.69, 9.17) is 16.3 Å². The van der Waals surface area contributed by atoms with Crippen LogP contribution in [-0.2, 0) is 25.4 Å². The molecule has 0 aliphatic carbocycles. The van der Waals surface area contributed by atoms with Crippen molar-refractivity contribution in [2.45, 2.75) is 18.8 Å². The molecule has 0 spiro atoms. The van der Waals surface area contributed by atoms with Crippen LogP contribution in [0.3, 0.4) is 0 Å². The van der Waals surface area contributed by atoms with E-state index in [-0.39, 0.29) is 23.7 Å². The second kappa shape index (κ2) is 7.66. The van der Waals surface area contributed by atoms with Gasteiger partial charge in [0.25, 0.3) is 5.56 Å². The molecule has 4 aromatic rings. The van der Waals surface area contributed by atoms with Crippen molar-refractivity contribution in [2.75, 3.05) is 6.61 Å². The molecule has 0 radical (unpaired) electrons. The van der Waals surface area contributed by atoms with E-state index >= 15 is 0 Å². The van der Waals surface area contributed by atoms with Crippen molar-refractivity contribution in [3.63, 3.8) is 0 Å². The Hall–Kier alpha value is -2.79. The van der Waals surface area contributed by atoms with Gasteiger partial charge in [0.15, 0.2) is 6.10 Å². The Morgan fingerprint density at radius 3 is 2.75 bits per heavy atom. The van der Waals surface area contributed by atoms with E-state index in [2.05, 4.69) is 4.98 Å². The summed E-state index contributed by atoms with van der Waals surface area (Å²) in [4.78, 5) is 30.4. The van der Waals surface area contributed by atoms with Gasteiger partial charge in [-0.2, -0.15) is 0 Å². The summed E-state index contributed by atoms with van der Waals surface area (Å²) >= 11 is 7.33. The standard InChI is InChI=1S/C21H18ClFN4O4S/c1-25-16-14(20(29)26(2)21(25)30)15(10-4-3-5-11(23)6-10)27-7-12(8-28)31-18(17(16)27)19-24-13(22)9-32-19/h3-6,9,12,18,28H,7-8H2,1-2H3/t12-,18+/m1/s1. The SMILES string of the molecule is Cn1c(=O)c2c(-c3cccc(F)c3)n3c(c2n(C)c1=O)[C@@H](c1nc(Cl)cs1)O[C@@H](CO)C3. The maximum Gasteiger partial charge on any atom is 0.331 e.